The SMILES string of the molecule is Clc1ccc2[nH]c3c(c2c1)CCN=C3C[C@@H]1COCCO1. The van der Waals surface area contributed by atoms with Crippen LogP contribution in [-0.2, 0) is 15.9 Å². The van der Waals surface area contributed by atoms with Gasteiger partial charge in [0.25, 0.3) is 0 Å². The minimum atomic E-state index is 0.110. The Balaban J connectivity index is 1.69. The Morgan fingerprint density at radius 3 is 3.14 bits per heavy atom. The summed E-state index contributed by atoms with van der Waals surface area (Å²) in [5.74, 6) is 0. The van der Waals surface area contributed by atoms with Gasteiger partial charge in [0.05, 0.1) is 37.3 Å². The van der Waals surface area contributed by atoms with Crippen molar-refractivity contribution in [1.29, 1.82) is 0 Å². The number of hydrogen-bond donors (Lipinski definition) is 1. The van der Waals surface area contributed by atoms with Crippen LogP contribution in [0.3, 0.4) is 0 Å². The quantitative estimate of drug-likeness (QED) is 0.927. The molecule has 0 radical (unpaired) electrons. The number of aromatic nitrogens is 1. The molecule has 0 bridgehead atoms. The zero-order chi connectivity index (χ0) is 14.2. The second-order valence-electron chi connectivity index (χ2n) is 5.52. The van der Waals surface area contributed by atoms with Crippen LogP contribution < -0.4 is 0 Å². The highest BCUT2D eigenvalue weighted by Gasteiger charge is 2.24. The fourth-order valence-corrected chi connectivity index (χ4v) is 3.32. The maximum Gasteiger partial charge on any atom is 0.0865 e. The Morgan fingerprint density at radius 1 is 1.33 bits per heavy atom. The van der Waals surface area contributed by atoms with Crippen LogP contribution in [0, 0.1) is 0 Å². The smallest absolute Gasteiger partial charge is 0.0865 e. The van der Waals surface area contributed by atoms with E-state index in [9.17, 15) is 0 Å². The van der Waals surface area contributed by atoms with Crippen LogP contribution in [0.2, 0.25) is 5.02 Å². The number of aliphatic imine (C=N–C) groups is 1. The second kappa shape index (κ2) is 5.44. The van der Waals surface area contributed by atoms with Gasteiger partial charge >= 0.3 is 0 Å². The van der Waals surface area contributed by atoms with Gasteiger partial charge in [-0.15, -0.1) is 0 Å². The van der Waals surface area contributed by atoms with Crippen LogP contribution in [0.1, 0.15) is 17.7 Å². The Morgan fingerprint density at radius 2 is 2.29 bits per heavy atom. The highest BCUT2D eigenvalue weighted by atomic mass is 35.5. The molecule has 1 saturated heterocycles. The van der Waals surface area contributed by atoms with Gasteiger partial charge in [0, 0.05) is 28.9 Å². The lowest BCUT2D eigenvalue weighted by atomic mass is 9.99. The fourth-order valence-electron chi connectivity index (χ4n) is 3.14. The minimum absolute atomic E-state index is 0.110. The average molecular weight is 305 g/mol. The van der Waals surface area contributed by atoms with Gasteiger partial charge in [-0.25, -0.2) is 0 Å². The summed E-state index contributed by atoms with van der Waals surface area (Å²) in [6, 6.07) is 5.99. The predicted octanol–water partition coefficient (Wildman–Crippen LogP) is 2.97. The molecule has 2 aliphatic rings. The molecular weight excluding hydrogens is 288 g/mol. The van der Waals surface area contributed by atoms with Crippen molar-refractivity contribution < 1.29 is 9.47 Å². The number of ether oxygens (including phenoxy) is 2. The number of nitrogens with zero attached hydrogens (tertiary/aromatic N) is 1. The number of fused-ring (bicyclic) bond motifs is 3. The van der Waals surface area contributed by atoms with Crippen LogP contribution in [0.25, 0.3) is 10.9 Å². The van der Waals surface area contributed by atoms with Crippen molar-refractivity contribution in [2.75, 3.05) is 26.4 Å². The van der Waals surface area contributed by atoms with Crippen molar-refractivity contribution in [3.63, 3.8) is 0 Å². The molecule has 1 aromatic carbocycles. The fraction of sp³-hybridized carbons (Fsp3) is 0.438. The second-order valence-corrected chi connectivity index (χ2v) is 5.96. The summed E-state index contributed by atoms with van der Waals surface area (Å²) < 4.78 is 11.2. The van der Waals surface area contributed by atoms with Crippen molar-refractivity contribution in [2.24, 2.45) is 4.99 Å². The van der Waals surface area contributed by atoms with Crippen molar-refractivity contribution in [3.05, 3.63) is 34.5 Å². The number of rotatable bonds is 2. The summed E-state index contributed by atoms with van der Waals surface area (Å²) in [7, 11) is 0. The van der Waals surface area contributed by atoms with Crippen LogP contribution in [0.4, 0.5) is 0 Å². The highest BCUT2D eigenvalue weighted by molar-refractivity contribution is 6.31. The Labute approximate surface area is 128 Å². The zero-order valence-electron chi connectivity index (χ0n) is 11.7. The molecule has 2 aromatic rings. The van der Waals surface area contributed by atoms with E-state index in [0.717, 1.165) is 41.3 Å². The van der Waals surface area contributed by atoms with E-state index in [1.165, 1.54) is 10.9 Å². The molecule has 4 nitrogen and oxygen atoms in total. The number of benzene rings is 1. The van der Waals surface area contributed by atoms with Gasteiger partial charge in [0.2, 0.25) is 0 Å². The first-order valence-electron chi connectivity index (χ1n) is 7.34. The molecule has 0 aliphatic carbocycles. The number of halogens is 1. The average Bonchev–Trinajstić information content (AvgIpc) is 2.88. The molecule has 1 atom stereocenters. The molecule has 1 fully saturated rings. The molecule has 0 amide bonds. The number of aromatic amines is 1. The zero-order valence-corrected chi connectivity index (χ0v) is 12.4. The van der Waals surface area contributed by atoms with Gasteiger partial charge in [0.1, 0.15) is 0 Å². The van der Waals surface area contributed by atoms with Gasteiger partial charge in [-0.3, -0.25) is 4.99 Å². The largest absolute Gasteiger partial charge is 0.376 e. The van der Waals surface area contributed by atoms with Gasteiger partial charge in [-0.1, -0.05) is 11.6 Å². The summed E-state index contributed by atoms with van der Waals surface area (Å²) >= 11 is 6.13. The summed E-state index contributed by atoms with van der Waals surface area (Å²) in [5, 5.41) is 1.99. The first-order chi connectivity index (χ1) is 10.3. The van der Waals surface area contributed by atoms with Crippen LogP contribution in [0.5, 0.6) is 0 Å². The van der Waals surface area contributed by atoms with E-state index in [4.69, 9.17) is 26.1 Å². The van der Waals surface area contributed by atoms with Crippen LogP contribution in [0.15, 0.2) is 23.2 Å². The van der Waals surface area contributed by atoms with Crippen molar-refractivity contribution in [1.82, 2.24) is 4.98 Å². The van der Waals surface area contributed by atoms with Crippen molar-refractivity contribution >= 4 is 28.2 Å². The van der Waals surface area contributed by atoms with E-state index < -0.39 is 0 Å². The Hall–Kier alpha value is -1.36. The van der Waals surface area contributed by atoms with Gasteiger partial charge in [-0.05, 0) is 30.2 Å². The normalized spacial score (nSPS) is 22.1. The monoisotopic (exact) mass is 304 g/mol. The van der Waals surface area contributed by atoms with Crippen LogP contribution >= 0.6 is 11.6 Å². The summed E-state index contributed by atoms with van der Waals surface area (Å²) in [6.07, 6.45) is 1.87. The predicted molar refractivity (Wildman–Crippen MR) is 83.6 cm³/mol. The molecule has 21 heavy (non-hydrogen) atoms. The highest BCUT2D eigenvalue weighted by Crippen LogP contribution is 2.29. The van der Waals surface area contributed by atoms with Gasteiger partial charge in [-0.2, -0.15) is 0 Å². The third-order valence-corrected chi connectivity index (χ3v) is 4.36. The van der Waals surface area contributed by atoms with Gasteiger partial charge in [0.15, 0.2) is 0 Å². The summed E-state index contributed by atoms with van der Waals surface area (Å²) in [4.78, 5) is 8.20. The molecule has 0 saturated carbocycles. The number of hydrogen-bond acceptors (Lipinski definition) is 3. The molecule has 5 heteroatoms. The van der Waals surface area contributed by atoms with E-state index in [1.807, 2.05) is 18.2 Å². The molecule has 1 N–H and O–H groups in total. The lowest BCUT2D eigenvalue weighted by Crippen LogP contribution is -2.31. The molecule has 4 rings (SSSR count). The third-order valence-electron chi connectivity index (χ3n) is 4.13. The molecule has 110 valence electrons. The molecule has 0 unspecified atom stereocenters. The first-order valence-corrected chi connectivity index (χ1v) is 7.72. The third kappa shape index (κ3) is 2.48. The van der Waals surface area contributed by atoms with E-state index in [2.05, 4.69) is 4.98 Å². The van der Waals surface area contributed by atoms with E-state index in [1.54, 1.807) is 0 Å². The Kier molecular flexibility index (Phi) is 3.45. The van der Waals surface area contributed by atoms with Gasteiger partial charge < -0.3 is 14.5 Å². The lowest BCUT2D eigenvalue weighted by Gasteiger charge is -2.24. The molecule has 1 aromatic heterocycles. The minimum Gasteiger partial charge on any atom is -0.376 e. The molecular formula is C16H17ClN2O2. The Bertz CT molecular complexity index is 702. The summed E-state index contributed by atoms with van der Waals surface area (Å²) in [5.41, 5.74) is 4.70. The van der Waals surface area contributed by atoms with E-state index in [0.29, 0.717) is 19.8 Å². The lowest BCUT2D eigenvalue weighted by molar-refractivity contribution is -0.0845. The van der Waals surface area contributed by atoms with Crippen LogP contribution in [-0.4, -0.2) is 43.2 Å². The number of nitrogens with one attached hydrogen (secondary N) is 1. The first kappa shape index (κ1) is 13.3. The topological polar surface area (TPSA) is 46.6 Å². The van der Waals surface area contributed by atoms with Crippen molar-refractivity contribution in [2.45, 2.75) is 18.9 Å². The standard InChI is InChI=1S/C16H17ClN2O2/c17-10-1-2-14-13(7-10)12-3-4-18-15(16(12)19-14)8-11-9-20-5-6-21-11/h1-2,7,11,19H,3-6,8-9H2/t11-/m1/s1. The molecule has 2 aliphatic heterocycles. The molecule has 0 spiro atoms. The maximum absolute atomic E-state index is 6.13. The van der Waals surface area contributed by atoms with E-state index in [-0.39, 0.29) is 6.10 Å². The maximum atomic E-state index is 6.13. The van der Waals surface area contributed by atoms with Crippen molar-refractivity contribution in [3.8, 4) is 0 Å². The van der Waals surface area contributed by atoms with E-state index >= 15 is 0 Å². The molecule has 3 heterocycles. The number of H-pyrrole nitrogens is 1. The summed E-state index contributed by atoms with van der Waals surface area (Å²) in [6.45, 7) is 2.85.